The first-order valence-electron chi connectivity index (χ1n) is 12.7. The summed E-state index contributed by atoms with van der Waals surface area (Å²) < 4.78 is 38.0. The molecule has 1 saturated carbocycles. The Bertz CT molecular complexity index is 938. The second kappa shape index (κ2) is 12.4. The lowest BCUT2D eigenvalue weighted by atomic mass is 9.71. The highest BCUT2D eigenvalue weighted by Gasteiger charge is 2.38. The maximum absolute atomic E-state index is 13.1. The molecule has 0 radical (unpaired) electrons. The van der Waals surface area contributed by atoms with Gasteiger partial charge in [-0.3, -0.25) is 14.1 Å². The van der Waals surface area contributed by atoms with Gasteiger partial charge in [-0.1, -0.05) is 26.0 Å². The predicted molar refractivity (Wildman–Crippen MR) is 131 cm³/mol. The SMILES string of the molecule is CC(C)C[C@H](NC(=O)OC[C@H]1C[C@H]2C=CC[C@H](C2)C1)C(=O)N[C@@H](C[C@@H]1CCNC1=O)[C@H](O)S(=O)(=O)O. The van der Waals surface area contributed by atoms with E-state index in [1.54, 1.807) is 0 Å². The van der Waals surface area contributed by atoms with Crippen LogP contribution < -0.4 is 16.0 Å². The van der Waals surface area contributed by atoms with Crippen molar-refractivity contribution in [3.8, 4) is 0 Å². The summed E-state index contributed by atoms with van der Waals surface area (Å²) in [6.45, 7) is 4.36. The number of rotatable bonds is 11. The molecule has 3 amide bonds. The molecular weight excluding hydrogens is 490 g/mol. The Hall–Kier alpha value is -2.18. The van der Waals surface area contributed by atoms with Crippen LogP contribution in [0.4, 0.5) is 4.79 Å². The average Bonchev–Trinajstić information content (AvgIpc) is 3.19. The van der Waals surface area contributed by atoms with Crippen LogP contribution in [-0.2, 0) is 24.4 Å². The highest BCUT2D eigenvalue weighted by molar-refractivity contribution is 7.86. The van der Waals surface area contributed by atoms with E-state index in [0.717, 1.165) is 19.3 Å². The molecule has 1 heterocycles. The first-order valence-corrected chi connectivity index (χ1v) is 14.2. The summed E-state index contributed by atoms with van der Waals surface area (Å²) in [6, 6.07) is -2.50. The quantitative estimate of drug-likeness (QED) is 0.197. The summed E-state index contributed by atoms with van der Waals surface area (Å²) in [5, 5.41) is 17.8. The Labute approximate surface area is 212 Å². The first kappa shape index (κ1) is 28.4. The number of ether oxygens (including phenoxy) is 1. The second-order valence-corrected chi connectivity index (χ2v) is 12.3. The van der Waals surface area contributed by atoms with Gasteiger partial charge in [0.15, 0.2) is 0 Å². The van der Waals surface area contributed by atoms with Crippen molar-refractivity contribution in [3.63, 3.8) is 0 Å². The Morgan fingerprint density at radius 3 is 2.58 bits per heavy atom. The molecule has 2 aliphatic carbocycles. The number of carbonyl (C=O) groups is 3. The average molecular weight is 530 g/mol. The fourth-order valence-electron chi connectivity index (χ4n) is 5.56. The Balaban J connectivity index is 1.60. The first-order chi connectivity index (χ1) is 16.9. The lowest BCUT2D eigenvalue weighted by Gasteiger charge is -2.35. The Morgan fingerprint density at radius 1 is 1.22 bits per heavy atom. The molecule has 1 saturated heterocycles. The molecule has 0 unspecified atom stereocenters. The molecule has 36 heavy (non-hydrogen) atoms. The lowest BCUT2D eigenvalue weighted by Crippen LogP contribution is -2.55. The van der Waals surface area contributed by atoms with Gasteiger partial charge in [0.25, 0.3) is 10.1 Å². The minimum Gasteiger partial charge on any atom is -0.449 e. The molecule has 1 aliphatic heterocycles. The highest BCUT2D eigenvalue weighted by Crippen LogP contribution is 2.39. The maximum Gasteiger partial charge on any atom is 0.407 e. The molecule has 2 bridgehead atoms. The van der Waals surface area contributed by atoms with Crippen LogP contribution in [0.15, 0.2) is 12.2 Å². The van der Waals surface area contributed by atoms with Crippen molar-refractivity contribution in [1.82, 2.24) is 16.0 Å². The van der Waals surface area contributed by atoms with Crippen molar-refractivity contribution in [2.24, 2.45) is 29.6 Å². The molecule has 5 N–H and O–H groups in total. The lowest BCUT2D eigenvalue weighted by molar-refractivity contribution is -0.126. The van der Waals surface area contributed by atoms with E-state index in [2.05, 4.69) is 28.1 Å². The van der Waals surface area contributed by atoms with Crippen LogP contribution >= 0.6 is 0 Å². The number of alkyl carbamates (subject to hydrolysis) is 1. The van der Waals surface area contributed by atoms with Gasteiger partial charge in [-0.25, -0.2) is 4.79 Å². The van der Waals surface area contributed by atoms with Crippen LogP contribution in [0.1, 0.15) is 58.8 Å². The summed E-state index contributed by atoms with van der Waals surface area (Å²) in [4.78, 5) is 37.6. The zero-order valence-corrected chi connectivity index (χ0v) is 21.7. The van der Waals surface area contributed by atoms with E-state index < -0.39 is 45.6 Å². The fourth-order valence-corrected chi connectivity index (χ4v) is 6.15. The van der Waals surface area contributed by atoms with Crippen molar-refractivity contribution in [1.29, 1.82) is 0 Å². The number of aliphatic hydroxyl groups is 1. The van der Waals surface area contributed by atoms with Crippen molar-refractivity contribution < 1.29 is 37.2 Å². The largest absolute Gasteiger partial charge is 0.449 e. The van der Waals surface area contributed by atoms with Gasteiger partial charge >= 0.3 is 6.09 Å². The summed E-state index contributed by atoms with van der Waals surface area (Å²) in [5.74, 6) is -0.300. The zero-order valence-electron chi connectivity index (χ0n) is 20.9. The van der Waals surface area contributed by atoms with E-state index in [4.69, 9.17) is 4.74 Å². The standard InChI is InChI=1S/C24H39N3O8S/c1-14(2)8-19(27-24(31)35-13-17-10-15-4-3-5-16(9-15)11-17)22(29)26-20(23(30)36(32,33)34)12-18-6-7-25-21(18)28/h3-4,14-20,23,30H,5-13H2,1-2H3,(H,25,28)(H,26,29)(H,27,31)(H,32,33,34)/t15-,16+,17-,18-,19-,20-,23+/m0/s1. The van der Waals surface area contributed by atoms with Crippen LogP contribution in [0, 0.1) is 29.6 Å². The van der Waals surface area contributed by atoms with Crippen molar-refractivity contribution in [2.75, 3.05) is 13.2 Å². The number of hydrogen-bond donors (Lipinski definition) is 5. The number of carbonyl (C=O) groups excluding carboxylic acids is 3. The molecule has 0 aromatic carbocycles. The number of allylic oxidation sites excluding steroid dienone is 2. The van der Waals surface area contributed by atoms with Gasteiger partial charge in [0.2, 0.25) is 17.3 Å². The van der Waals surface area contributed by atoms with Gasteiger partial charge in [-0.05, 0) is 68.6 Å². The number of aliphatic hydroxyl groups excluding tert-OH is 1. The van der Waals surface area contributed by atoms with Crippen molar-refractivity contribution in [3.05, 3.63) is 12.2 Å². The fraction of sp³-hybridized carbons (Fsp3) is 0.792. The Morgan fingerprint density at radius 2 is 1.97 bits per heavy atom. The van der Waals surface area contributed by atoms with E-state index in [-0.39, 0.29) is 37.2 Å². The summed E-state index contributed by atoms with van der Waals surface area (Å²) in [5.41, 5.74) is -2.32. The molecule has 204 valence electrons. The van der Waals surface area contributed by atoms with Gasteiger partial charge in [-0.2, -0.15) is 8.42 Å². The normalized spacial score (nSPS) is 28.2. The molecule has 3 aliphatic rings. The molecule has 0 spiro atoms. The molecule has 12 heteroatoms. The molecule has 11 nitrogen and oxygen atoms in total. The van der Waals surface area contributed by atoms with Gasteiger partial charge < -0.3 is 25.8 Å². The third-order valence-electron chi connectivity index (χ3n) is 7.26. The van der Waals surface area contributed by atoms with Crippen LogP contribution in [0.3, 0.4) is 0 Å². The minimum absolute atomic E-state index is 0.00360. The number of fused-ring (bicyclic) bond motifs is 2. The van der Waals surface area contributed by atoms with Crippen LogP contribution in [0.2, 0.25) is 0 Å². The maximum atomic E-state index is 13.1. The van der Waals surface area contributed by atoms with Crippen LogP contribution in [0.5, 0.6) is 0 Å². The van der Waals surface area contributed by atoms with Crippen molar-refractivity contribution >= 4 is 28.0 Å². The monoisotopic (exact) mass is 529 g/mol. The summed E-state index contributed by atoms with van der Waals surface area (Å²) in [7, 11) is -4.91. The highest BCUT2D eigenvalue weighted by atomic mass is 32.2. The zero-order chi connectivity index (χ0) is 26.5. The van der Waals surface area contributed by atoms with Crippen LogP contribution in [0.25, 0.3) is 0 Å². The summed E-state index contributed by atoms with van der Waals surface area (Å²) in [6.07, 6.45) is 8.35. The minimum atomic E-state index is -4.91. The second-order valence-electron chi connectivity index (χ2n) is 10.8. The van der Waals surface area contributed by atoms with E-state index in [0.29, 0.717) is 24.8 Å². The van der Waals surface area contributed by atoms with E-state index in [1.165, 1.54) is 6.42 Å². The Kier molecular flexibility index (Phi) is 9.76. The van der Waals surface area contributed by atoms with Crippen molar-refractivity contribution in [2.45, 2.75) is 76.3 Å². The van der Waals surface area contributed by atoms with Gasteiger partial charge in [0.05, 0.1) is 12.6 Å². The van der Waals surface area contributed by atoms with Gasteiger partial charge in [-0.15, -0.1) is 0 Å². The number of nitrogens with one attached hydrogen (secondary N) is 3. The van der Waals surface area contributed by atoms with E-state index in [1.807, 2.05) is 13.8 Å². The summed E-state index contributed by atoms with van der Waals surface area (Å²) >= 11 is 0. The molecule has 0 aromatic rings. The van der Waals surface area contributed by atoms with E-state index in [9.17, 15) is 32.5 Å². The third-order valence-corrected chi connectivity index (χ3v) is 8.20. The number of hydrogen-bond acceptors (Lipinski definition) is 7. The van der Waals surface area contributed by atoms with Gasteiger partial charge in [0, 0.05) is 12.5 Å². The molecule has 3 rings (SSSR count). The van der Waals surface area contributed by atoms with E-state index >= 15 is 0 Å². The third kappa shape index (κ3) is 8.17. The predicted octanol–water partition coefficient (Wildman–Crippen LogP) is 1.34. The molecule has 7 atom stereocenters. The number of amides is 3. The topological polar surface area (TPSA) is 171 Å². The smallest absolute Gasteiger partial charge is 0.407 e. The molecule has 2 fully saturated rings. The van der Waals surface area contributed by atoms with Gasteiger partial charge in [0.1, 0.15) is 6.04 Å². The molecule has 0 aromatic heterocycles. The van der Waals surface area contributed by atoms with Crippen LogP contribution in [-0.4, -0.2) is 66.7 Å². The molecular formula is C24H39N3O8S.